The molecular formula is C16H20N4O. The number of nitrogens with one attached hydrogen (secondary N) is 2. The lowest BCUT2D eigenvalue weighted by Gasteiger charge is -2.02. The van der Waals surface area contributed by atoms with Crippen molar-refractivity contribution in [1.29, 1.82) is 0 Å². The van der Waals surface area contributed by atoms with Crippen molar-refractivity contribution in [3.8, 4) is 0 Å². The summed E-state index contributed by atoms with van der Waals surface area (Å²) >= 11 is 0. The lowest BCUT2D eigenvalue weighted by molar-refractivity contribution is 0.0950. The smallest absolute Gasteiger partial charge is 0.282 e. The highest BCUT2D eigenvalue weighted by Crippen LogP contribution is 2.11. The van der Waals surface area contributed by atoms with Gasteiger partial charge in [0, 0.05) is 5.69 Å². The molecule has 0 aliphatic carbocycles. The number of aryl methyl sites for hydroxylation is 1. The number of aromatic nitrogens is 2. The highest BCUT2D eigenvalue weighted by Gasteiger charge is 2.11. The van der Waals surface area contributed by atoms with Gasteiger partial charge in [0.1, 0.15) is 0 Å². The van der Waals surface area contributed by atoms with E-state index < -0.39 is 0 Å². The van der Waals surface area contributed by atoms with Gasteiger partial charge in [0.25, 0.3) is 5.91 Å². The van der Waals surface area contributed by atoms with Gasteiger partial charge in [-0.15, -0.1) is 0 Å². The number of H-pyrrole nitrogens is 1. The van der Waals surface area contributed by atoms with Crippen LogP contribution < -0.4 is 5.43 Å². The maximum Gasteiger partial charge on any atom is 0.291 e. The topological polar surface area (TPSA) is 70.1 Å². The number of aromatic amines is 1. The predicted molar refractivity (Wildman–Crippen MR) is 83.5 cm³/mol. The molecule has 0 fully saturated rings. The number of hydrogen-bond acceptors (Lipinski definition) is 3. The van der Waals surface area contributed by atoms with Crippen LogP contribution in [0, 0.1) is 6.92 Å². The summed E-state index contributed by atoms with van der Waals surface area (Å²) in [4.78, 5) is 12.0. The maximum absolute atomic E-state index is 12.0. The zero-order valence-corrected chi connectivity index (χ0v) is 12.8. The van der Waals surface area contributed by atoms with Crippen molar-refractivity contribution in [2.75, 3.05) is 0 Å². The first-order chi connectivity index (χ1) is 9.97. The van der Waals surface area contributed by atoms with Crippen LogP contribution in [-0.2, 0) is 0 Å². The summed E-state index contributed by atoms with van der Waals surface area (Å²) in [5.74, 6) is -0.0125. The van der Waals surface area contributed by atoms with E-state index in [2.05, 4.69) is 20.7 Å². The predicted octanol–water partition coefficient (Wildman–Crippen LogP) is 3.00. The first-order valence-corrected chi connectivity index (χ1v) is 6.94. The summed E-state index contributed by atoms with van der Waals surface area (Å²) in [7, 11) is 0. The molecule has 0 aliphatic heterocycles. The molecule has 1 heterocycles. The Bertz CT molecular complexity index is 653. The van der Waals surface area contributed by atoms with Crippen molar-refractivity contribution in [3.05, 3.63) is 52.8 Å². The zero-order chi connectivity index (χ0) is 15.4. The third-order valence-electron chi connectivity index (χ3n) is 3.25. The van der Waals surface area contributed by atoms with Crippen LogP contribution in [0.5, 0.6) is 0 Å². The molecule has 1 aromatic carbocycles. The third-order valence-corrected chi connectivity index (χ3v) is 3.25. The van der Waals surface area contributed by atoms with Crippen molar-refractivity contribution < 1.29 is 4.79 Å². The van der Waals surface area contributed by atoms with Crippen molar-refractivity contribution in [3.63, 3.8) is 0 Å². The van der Waals surface area contributed by atoms with Crippen molar-refractivity contribution >= 4 is 11.6 Å². The first kappa shape index (κ1) is 15.0. The number of benzene rings is 1. The molecule has 0 saturated carbocycles. The van der Waals surface area contributed by atoms with Crippen molar-refractivity contribution in [2.45, 2.75) is 33.6 Å². The van der Waals surface area contributed by atoms with Crippen LogP contribution in [0.4, 0.5) is 0 Å². The molecule has 0 saturated heterocycles. The molecule has 0 radical (unpaired) electrons. The van der Waals surface area contributed by atoms with Crippen molar-refractivity contribution in [2.24, 2.45) is 5.10 Å². The average molecular weight is 284 g/mol. The summed E-state index contributed by atoms with van der Waals surface area (Å²) in [6, 6.07) is 9.73. The molecule has 110 valence electrons. The van der Waals surface area contributed by atoms with Crippen LogP contribution in [0.15, 0.2) is 35.4 Å². The molecule has 5 heteroatoms. The quantitative estimate of drug-likeness (QED) is 0.669. The van der Waals surface area contributed by atoms with Gasteiger partial charge in [0.2, 0.25) is 0 Å². The highest BCUT2D eigenvalue weighted by atomic mass is 16.2. The summed E-state index contributed by atoms with van der Waals surface area (Å²) < 4.78 is 0. The van der Waals surface area contributed by atoms with E-state index in [1.54, 1.807) is 6.07 Å². The molecular weight excluding hydrogens is 264 g/mol. The normalized spacial score (nSPS) is 11.8. The summed E-state index contributed by atoms with van der Waals surface area (Å²) in [5, 5.41) is 11.0. The molecule has 5 nitrogen and oxygen atoms in total. The standard InChI is InChI=1S/C16H20N4O/c1-10(2)14-9-15(19-18-14)16(21)20-17-12(4)13-7-5-11(3)6-8-13/h5-10H,1-4H3,(H,18,19)(H,20,21). The van der Waals surface area contributed by atoms with E-state index in [1.165, 1.54) is 5.56 Å². The van der Waals surface area contributed by atoms with E-state index in [0.717, 1.165) is 17.0 Å². The Kier molecular flexibility index (Phi) is 4.52. The van der Waals surface area contributed by atoms with Gasteiger partial charge in [-0.05, 0) is 31.4 Å². The number of carbonyl (C=O) groups is 1. The minimum Gasteiger partial charge on any atom is -0.282 e. The average Bonchev–Trinajstić information content (AvgIpc) is 2.95. The molecule has 0 bridgehead atoms. The number of nitrogens with zero attached hydrogens (tertiary/aromatic N) is 2. The van der Waals surface area contributed by atoms with Crippen LogP contribution in [0.3, 0.4) is 0 Å². The number of hydrogen-bond donors (Lipinski definition) is 2. The lowest BCUT2D eigenvalue weighted by Crippen LogP contribution is -2.19. The molecule has 1 amide bonds. The number of hydrazone groups is 1. The van der Waals surface area contributed by atoms with Gasteiger partial charge >= 0.3 is 0 Å². The van der Waals surface area contributed by atoms with Crippen LogP contribution in [0.1, 0.15) is 54.0 Å². The van der Waals surface area contributed by atoms with Gasteiger partial charge in [0.05, 0.1) is 5.71 Å². The van der Waals surface area contributed by atoms with Crippen molar-refractivity contribution in [1.82, 2.24) is 15.6 Å². The van der Waals surface area contributed by atoms with E-state index >= 15 is 0 Å². The lowest BCUT2D eigenvalue weighted by atomic mass is 10.1. The monoisotopic (exact) mass is 284 g/mol. The summed E-state index contributed by atoms with van der Waals surface area (Å²) in [5.41, 5.74) is 6.73. The maximum atomic E-state index is 12.0. The van der Waals surface area contributed by atoms with Gasteiger partial charge in [-0.3, -0.25) is 9.89 Å². The Hall–Kier alpha value is -2.43. The SMILES string of the molecule is CC(=NNC(=O)c1cc(C(C)C)[nH]n1)c1ccc(C)cc1. The Balaban J connectivity index is 2.05. The van der Waals surface area contributed by atoms with Crippen LogP contribution in [-0.4, -0.2) is 21.8 Å². The number of amides is 1. The minimum absolute atomic E-state index is 0.303. The molecule has 2 aromatic rings. The molecule has 2 N–H and O–H groups in total. The second-order valence-corrected chi connectivity index (χ2v) is 5.37. The summed E-state index contributed by atoms with van der Waals surface area (Å²) in [6.45, 7) is 7.96. The fraction of sp³-hybridized carbons (Fsp3) is 0.312. The van der Waals surface area contributed by atoms with E-state index in [4.69, 9.17) is 0 Å². The Morgan fingerprint density at radius 3 is 2.52 bits per heavy atom. The van der Waals surface area contributed by atoms with Crippen LogP contribution in [0.2, 0.25) is 0 Å². The fourth-order valence-corrected chi connectivity index (χ4v) is 1.80. The minimum atomic E-state index is -0.315. The number of carbonyl (C=O) groups excluding carboxylic acids is 1. The van der Waals surface area contributed by atoms with Gasteiger partial charge in [0.15, 0.2) is 5.69 Å². The van der Waals surface area contributed by atoms with E-state index in [-0.39, 0.29) is 5.91 Å². The molecule has 21 heavy (non-hydrogen) atoms. The molecule has 0 unspecified atom stereocenters. The molecule has 2 rings (SSSR count). The fourth-order valence-electron chi connectivity index (χ4n) is 1.80. The molecule has 0 aliphatic rings. The largest absolute Gasteiger partial charge is 0.291 e. The Morgan fingerprint density at radius 2 is 1.95 bits per heavy atom. The summed E-state index contributed by atoms with van der Waals surface area (Å²) in [6.07, 6.45) is 0. The second-order valence-electron chi connectivity index (χ2n) is 5.37. The molecule has 1 aromatic heterocycles. The van der Waals surface area contributed by atoms with Gasteiger partial charge in [-0.2, -0.15) is 10.2 Å². The second kappa shape index (κ2) is 6.35. The first-order valence-electron chi connectivity index (χ1n) is 6.94. The van der Waals surface area contributed by atoms with E-state index in [9.17, 15) is 4.79 Å². The third kappa shape index (κ3) is 3.78. The molecule has 0 atom stereocenters. The number of rotatable bonds is 4. The Morgan fingerprint density at radius 1 is 1.29 bits per heavy atom. The Labute approximate surface area is 124 Å². The zero-order valence-electron chi connectivity index (χ0n) is 12.8. The molecule has 0 spiro atoms. The van der Waals surface area contributed by atoms with Crippen LogP contribution >= 0.6 is 0 Å². The van der Waals surface area contributed by atoms with Crippen LogP contribution in [0.25, 0.3) is 0 Å². The van der Waals surface area contributed by atoms with E-state index in [0.29, 0.717) is 11.6 Å². The van der Waals surface area contributed by atoms with Gasteiger partial charge in [-0.25, -0.2) is 5.43 Å². The van der Waals surface area contributed by atoms with Gasteiger partial charge < -0.3 is 0 Å². The highest BCUT2D eigenvalue weighted by molar-refractivity contribution is 6.00. The van der Waals surface area contributed by atoms with Gasteiger partial charge in [-0.1, -0.05) is 43.7 Å². The van der Waals surface area contributed by atoms with E-state index in [1.807, 2.05) is 52.0 Å².